The highest BCUT2D eigenvalue weighted by molar-refractivity contribution is 5.83. The second-order valence-corrected chi connectivity index (χ2v) is 13.4. The maximum absolute atomic E-state index is 14.2. The van der Waals surface area contributed by atoms with E-state index in [0.717, 1.165) is 44.5 Å². The van der Waals surface area contributed by atoms with E-state index in [-0.39, 0.29) is 38.0 Å². The number of rotatable bonds is 13. The van der Waals surface area contributed by atoms with Crippen molar-refractivity contribution in [2.24, 2.45) is 0 Å². The lowest BCUT2D eigenvalue weighted by atomic mass is 9.77. The molecule has 0 spiro atoms. The van der Waals surface area contributed by atoms with E-state index in [4.69, 9.17) is 9.47 Å². The van der Waals surface area contributed by atoms with Gasteiger partial charge >= 0.3 is 12.1 Å². The van der Waals surface area contributed by atoms with Gasteiger partial charge in [0.2, 0.25) is 5.91 Å². The Hall–Kier alpha value is -6.47. The van der Waals surface area contributed by atoms with E-state index in [0.29, 0.717) is 0 Å². The molecule has 7 heteroatoms. The fourth-order valence-electron chi connectivity index (χ4n) is 7.37. The summed E-state index contributed by atoms with van der Waals surface area (Å²) in [6.07, 6.45) is -0.802. The number of carbonyl (C=O) groups is 3. The fourth-order valence-corrected chi connectivity index (χ4v) is 7.37. The van der Waals surface area contributed by atoms with Gasteiger partial charge in [-0.2, -0.15) is 0 Å². The lowest BCUT2D eigenvalue weighted by Gasteiger charge is -2.37. The molecule has 1 N–H and O–H groups in total. The van der Waals surface area contributed by atoms with Gasteiger partial charge in [0.15, 0.2) is 0 Å². The monoisotopic (exact) mass is 714 g/mol. The van der Waals surface area contributed by atoms with Crippen molar-refractivity contribution >= 4 is 18.0 Å². The third-order valence-electron chi connectivity index (χ3n) is 10.1. The zero-order valence-electron chi connectivity index (χ0n) is 30.1. The topological polar surface area (TPSA) is 84.9 Å². The maximum Gasteiger partial charge on any atom is 0.410 e. The molecule has 0 unspecified atom stereocenters. The first-order valence-electron chi connectivity index (χ1n) is 18.3. The normalized spacial score (nSPS) is 12.5. The lowest BCUT2D eigenvalue weighted by molar-refractivity contribution is -0.150. The van der Waals surface area contributed by atoms with Crippen molar-refractivity contribution in [3.8, 4) is 11.1 Å². The quantitative estimate of drug-likeness (QED) is 0.0955. The van der Waals surface area contributed by atoms with E-state index < -0.39 is 23.6 Å². The molecular formula is C47H42N2O5. The van der Waals surface area contributed by atoms with E-state index in [9.17, 15) is 14.4 Å². The standard InChI is InChI=1S/C47H42N2O5/c1-34(45(51)53-32-35-18-6-2-7-19-35)49(46(52)54-33-43-41-28-16-14-26-39(41)40-27-15-17-29-42(40)43)31-30-44(50)48-47(36-20-8-3-9-21-36,37-22-10-4-11-23-37)38-24-12-5-13-25-38/h2-29,34,43H,30-33H2,1H3,(H,48,50)/t34-/m0/s1. The van der Waals surface area contributed by atoms with Crippen molar-refractivity contribution in [2.45, 2.75) is 37.5 Å². The molecule has 54 heavy (non-hydrogen) atoms. The molecule has 0 saturated heterocycles. The summed E-state index contributed by atoms with van der Waals surface area (Å²) in [5, 5.41) is 3.35. The number of ether oxygens (including phenoxy) is 2. The van der Waals surface area contributed by atoms with Gasteiger partial charge in [0.25, 0.3) is 0 Å². The first-order valence-corrected chi connectivity index (χ1v) is 18.3. The Morgan fingerprint density at radius 3 is 1.56 bits per heavy atom. The van der Waals surface area contributed by atoms with Crippen LogP contribution in [0, 0.1) is 0 Å². The number of carbonyl (C=O) groups excluding carboxylic acids is 3. The fraction of sp³-hybridized carbons (Fsp3) is 0.170. The molecule has 0 bridgehead atoms. The molecule has 6 aromatic rings. The van der Waals surface area contributed by atoms with Crippen LogP contribution in [0.4, 0.5) is 4.79 Å². The maximum atomic E-state index is 14.2. The van der Waals surface area contributed by atoms with E-state index >= 15 is 0 Å². The average Bonchev–Trinajstić information content (AvgIpc) is 3.55. The Morgan fingerprint density at radius 1 is 0.611 bits per heavy atom. The molecule has 1 aliphatic rings. The number of nitrogens with zero attached hydrogens (tertiary/aromatic N) is 1. The molecule has 0 radical (unpaired) electrons. The summed E-state index contributed by atoms with van der Waals surface area (Å²) in [6.45, 7) is 1.64. The molecule has 2 amide bonds. The summed E-state index contributed by atoms with van der Waals surface area (Å²) in [5.41, 5.74) is 6.79. The molecule has 0 heterocycles. The second-order valence-electron chi connectivity index (χ2n) is 13.4. The summed E-state index contributed by atoms with van der Waals surface area (Å²) < 4.78 is 11.7. The Balaban J connectivity index is 1.14. The Bertz CT molecular complexity index is 2050. The van der Waals surface area contributed by atoms with Crippen molar-refractivity contribution in [3.63, 3.8) is 0 Å². The van der Waals surface area contributed by atoms with E-state index in [1.807, 2.05) is 146 Å². The molecule has 0 saturated carbocycles. The van der Waals surface area contributed by atoms with Crippen molar-refractivity contribution in [3.05, 3.63) is 203 Å². The number of hydrogen-bond donors (Lipinski definition) is 1. The predicted octanol–water partition coefficient (Wildman–Crippen LogP) is 8.87. The van der Waals surface area contributed by atoms with E-state index in [2.05, 4.69) is 29.6 Å². The second kappa shape index (κ2) is 16.5. The van der Waals surface area contributed by atoms with Crippen LogP contribution in [0.3, 0.4) is 0 Å². The molecule has 0 aliphatic heterocycles. The zero-order valence-corrected chi connectivity index (χ0v) is 30.1. The number of amides is 2. The molecule has 0 fully saturated rings. The van der Waals surface area contributed by atoms with Gasteiger partial charge in [0.1, 0.15) is 24.8 Å². The van der Waals surface area contributed by atoms with Gasteiger partial charge in [-0.3, -0.25) is 9.69 Å². The highest BCUT2D eigenvalue weighted by Gasteiger charge is 2.39. The Labute approximate surface area is 316 Å². The highest BCUT2D eigenvalue weighted by Crippen LogP contribution is 2.44. The van der Waals surface area contributed by atoms with Gasteiger partial charge < -0.3 is 14.8 Å². The summed E-state index contributed by atoms with van der Waals surface area (Å²) in [4.78, 5) is 43.1. The van der Waals surface area contributed by atoms with Crippen LogP contribution < -0.4 is 5.32 Å². The average molecular weight is 715 g/mol. The predicted molar refractivity (Wildman–Crippen MR) is 209 cm³/mol. The minimum Gasteiger partial charge on any atom is -0.459 e. The Morgan fingerprint density at radius 2 is 1.06 bits per heavy atom. The van der Waals surface area contributed by atoms with Crippen LogP contribution in [0.15, 0.2) is 170 Å². The van der Waals surface area contributed by atoms with Crippen LogP contribution in [-0.4, -0.2) is 42.1 Å². The molecule has 0 aromatic heterocycles. The number of nitrogens with one attached hydrogen (secondary N) is 1. The molecule has 1 aliphatic carbocycles. The molecule has 7 nitrogen and oxygen atoms in total. The van der Waals surface area contributed by atoms with Crippen LogP contribution >= 0.6 is 0 Å². The minimum absolute atomic E-state index is 0.0524. The first kappa shape index (κ1) is 35.9. The van der Waals surface area contributed by atoms with E-state index in [1.54, 1.807) is 6.92 Å². The van der Waals surface area contributed by atoms with Crippen LogP contribution in [0.2, 0.25) is 0 Å². The minimum atomic E-state index is -1.03. The van der Waals surface area contributed by atoms with Crippen molar-refractivity contribution in [2.75, 3.05) is 13.2 Å². The summed E-state index contributed by atoms with van der Waals surface area (Å²) in [7, 11) is 0. The first-order chi connectivity index (χ1) is 26.5. The molecule has 270 valence electrons. The van der Waals surface area contributed by atoms with Crippen molar-refractivity contribution in [1.29, 1.82) is 0 Å². The van der Waals surface area contributed by atoms with Gasteiger partial charge in [0.05, 0.1) is 0 Å². The zero-order chi connectivity index (χ0) is 37.3. The number of fused-ring (bicyclic) bond motifs is 3. The number of esters is 1. The Kier molecular flexibility index (Phi) is 11.0. The number of benzene rings is 6. The SMILES string of the molecule is C[C@@H](C(=O)OCc1ccccc1)N(CCC(=O)NC(c1ccccc1)(c1ccccc1)c1ccccc1)C(=O)OCC1c2ccccc2-c2ccccc21. The van der Waals surface area contributed by atoms with Gasteiger partial charge in [-0.05, 0) is 51.4 Å². The van der Waals surface area contributed by atoms with Gasteiger partial charge in [0, 0.05) is 18.9 Å². The molecule has 6 aromatic carbocycles. The molecular weight excluding hydrogens is 673 g/mol. The third kappa shape index (κ3) is 7.53. The highest BCUT2D eigenvalue weighted by atomic mass is 16.6. The van der Waals surface area contributed by atoms with Crippen LogP contribution in [-0.2, 0) is 31.2 Å². The molecule has 7 rings (SSSR count). The van der Waals surface area contributed by atoms with Crippen LogP contribution in [0.25, 0.3) is 11.1 Å². The summed E-state index contributed by atoms with van der Waals surface area (Å²) in [6, 6.07) is 54.0. The largest absolute Gasteiger partial charge is 0.459 e. The van der Waals surface area contributed by atoms with Gasteiger partial charge in [-0.1, -0.05) is 170 Å². The number of hydrogen-bond acceptors (Lipinski definition) is 5. The summed E-state index contributed by atoms with van der Waals surface area (Å²) in [5.74, 6) is -1.08. The molecule has 1 atom stereocenters. The van der Waals surface area contributed by atoms with E-state index in [1.165, 1.54) is 4.90 Å². The van der Waals surface area contributed by atoms with Gasteiger partial charge in [-0.15, -0.1) is 0 Å². The third-order valence-corrected chi connectivity index (χ3v) is 10.1. The smallest absolute Gasteiger partial charge is 0.410 e. The van der Waals surface area contributed by atoms with Crippen molar-refractivity contribution in [1.82, 2.24) is 10.2 Å². The summed E-state index contributed by atoms with van der Waals surface area (Å²) >= 11 is 0. The van der Waals surface area contributed by atoms with Crippen molar-refractivity contribution < 1.29 is 23.9 Å². The lowest BCUT2D eigenvalue weighted by Crippen LogP contribution is -2.50. The van der Waals surface area contributed by atoms with Gasteiger partial charge in [-0.25, -0.2) is 9.59 Å². The van der Waals surface area contributed by atoms with Crippen LogP contribution in [0.5, 0.6) is 0 Å². The van der Waals surface area contributed by atoms with Crippen LogP contribution in [0.1, 0.15) is 52.6 Å².